The fourth-order valence-electron chi connectivity index (χ4n) is 4.44. The summed E-state index contributed by atoms with van der Waals surface area (Å²) in [7, 11) is 0. The van der Waals surface area contributed by atoms with Crippen LogP contribution in [-0.4, -0.2) is 46.1 Å². The van der Waals surface area contributed by atoms with Crippen LogP contribution in [0.4, 0.5) is 0 Å². The summed E-state index contributed by atoms with van der Waals surface area (Å²) in [4.78, 5) is 12.2. The smallest absolute Gasteiger partial charge is 0.222 e. The van der Waals surface area contributed by atoms with Crippen molar-refractivity contribution < 1.29 is 20.1 Å². The van der Waals surface area contributed by atoms with Gasteiger partial charge < -0.3 is 20.6 Å². The summed E-state index contributed by atoms with van der Waals surface area (Å²) in [6.45, 7) is 4.16. The minimum absolute atomic E-state index is 0.0220. The molecule has 0 aromatic carbocycles. The van der Waals surface area contributed by atoms with Gasteiger partial charge in [0, 0.05) is 0 Å². The van der Waals surface area contributed by atoms with Crippen molar-refractivity contribution in [3.63, 3.8) is 0 Å². The van der Waals surface area contributed by atoms with E-state index >= 15 is 0 Å². The average molecular weight is 498 g/mol. The van der Waals surface area contributed by atoms with Crippen LogP contribution in [-0.2, 0) is 4.79 Å². The molecule has 35 heavy (non-hydrogen) atoms. The fraction of sp³-hybridized carbons (Fsp3) is 0.900. The van der Waals surface area contributed by atoms with Crippen molar-refractivity contribution in [1.29, 1.82) is 0 Å². The molecule has 0 spiro atoms. The standard InChI is InChI=1S/C30H59NO4/c1-3-5-7-9-11-13-14-15-16-18-20-22-24-29(34)28(26-32)31-30(35)25-27(33)23-21-19-17-12-10-8-6-4-2/h10,12,27-29,32-34H,3-9,11,13-26H2,1-2H3,(H,31,35)/b12-10-. The largest absolute Gasteiger partial charge is 0.394 e. The van der Waals surface area contributed by atoms with Gasteiger partial charge in [0.15, 0.2) is 0 Å². The Kier molecular flexibility index (Phi) is 25.5. The van der Waals surface area contributed by atoms with Crippen LogP contribution in [0.3, 0.4) is 0 Å². The Labute approximate surface area is 217 Å². The van der Waals surface area contributed by atoms with E-state index in [1.807, 2.05) is 0 Å². The van der Waals surface area contributed by atoms with Gasteiger partial charge in [-0.15, -0.1) is 0 Å². The number of hydrogen-bond acceptors (Lipinski definition) is 4. The molecule has 0 heterocycles. The maximum Gasteiger partial charge on any atom is 0.222 e. The molecule has 0 aromatic rings. The lowest BCUT2D eigenvalue weighted by molar-refractivity contribution is -0.125. The highest BCUT2D eigenvalue weighted by Gasteiger charge is 2.21. The van der Waals surface area contributed by atoms with Gasteiger partial charge in [-0.2, -0.15) is 0 Å². The summed E-state index contributed by atoms with van der Waals surface area (Å²) in [5.74, 6) is -0.301. The predicted octanol–water partition coefficient (Wildman–Crippen LogP) is 6.97. The second-order valence-electron chi connectivity index (χ2n) is 10.4. The van der Waals surface area contributed by atoms with Crippen molar-refractivity contribution in [2.45, 2.75) is 167 Å². The molecule has 0 aliphatic heterocycles. The summed E-state index contributed by atoms with van der Waals surface area (Å²) < 4.78 is 0. The Bertz CT molecular complexity index is 483. The van der Waals surface area contributed by atoms with Gasteiger partial charge in [0.05, 0.1) is 31.3 Å². The molecule has 0 saturated heterocycles. The summed E-state index contributed by atoms with van der Waals surface area (Å²) in [6, 6.07) is -0.657. The number of aliphatic hydroxyl groups excluding tert-OH is 3. The molecular formula is C30H59NO4. The zero-order valence-corrected chi connectivity index (χ0v) is 23.2. The molecule has 0 rings (SSSR count). The SMILES string of the molecule is CCCC/C=C\CCCCC(O)CC(=O)NC(CO)C(O)CCCCCCCCCCCCCC. The average Bonchev–Trinajstić information content (AvgIpc) is 2.84. The number of hydrogen-bond donors (Lipinski definition) is 4. The number of carbonyl (C=O) groups excluding carboxylic acids is 1. The molecule has 0 aromatic heterocycles. The molecule has 0 fully saturated rings. The van der Waals surface area contributed by atoms with Gasteiger partial charge in [0.2, 0.25) is 5.91 Å². The summed E-state index contributed by atoms with van der Waals surface area (Å²) in [5, 5.41) is 32.8. The molecule has 3 unspecified atom stereocenters. The molecule has 0 radical (unpaired) electrons. The van der Waals surface area contributed by atoms with Crippen LogP contribution in [0.15, 0.2) is 12.2 Å². The Morgan fingerprint density at radius 2 is 1.17 bits per heavy atom. The Morgan fingerprint density at radius 1 is 0.686 bits per heavy atom. The first-order valence-corrected chi connectivity index (χ1v) is 15.0. The van der Waals surface area contributed by atoms with E-state index in [-0.39, 0.29) is 18.9 Å². The van der Waals surface area contributed by atoms with E-state index < -0.39 is 18.2 Å². The Balaban J connectivity index is 3.77. The molecule has 0 saturated carbocycles. The van der Waals surface area contributed by atoms with Gasteiger partial charge in [-0.05, 0) is 32.1 Å². The molecule has 208 valence electrons. The van der Waals surface area contributed by atoms with Crippen LogP contribution >= 0.6 is 0 Å². The molecule has 5 nitrogen and oxygen atoms in total. The number of rotatable bonds is 26. The normalized spacial score (nSPS) is 14.3. The number of nitrogens with one attached hydrogen (secondary N) is 1. The molecule has 4 N–H and O–H groups in total. The van der Waals surface area contributed by atoms with Crippen molar-refractivity contribution in [1.82, 2.24) is 5.32 Å². The van der Waals surface area contributed by atoms with Crippen LogP contribution in [0.25, 0.3) is 0 Å². The lowest BCUT2D eigenvalue weighted by Gasteiger charge is -2.23. The second kappa shape index (κ2) is 26.2. The highest BCUT2D eigenvalue weighted by Crippen LogP contribution is 2.14. The highest BCUT2D eigenvalue weighted by atomic mass is 16.3. The van der Waals surface area contributed by atoms with Crippen molar-refractivity contribution >= 4 is 5.91 Å². The predicted molar refractivity (Wildman–Crippen MR) is 148 cm³/mol. The molecular weight excluding hydrogens is 438 g/mol. The van der Waals surface area contributed by atoms with Crippen LogP contribution in [0.5, 0.6) is 0 Å². The zero-order valence-electron chi connectivity index (χ0n) is 23.2. The zero-order chi connectivity index (χ0) is 26.0. The molecule has 5 heteroatoms. The maximum atomic E-state index is 12.2. The minimum atomic E-state index is -0.747. The number of carbonyl (C=O) groups is 1. The van der Waals surface area contributed by atoms with Crippen molar-refractivity contribution in [2.24, 2.45) is 0 Å². The number of allylic oxidation sites excluding steroid dienone is 2. The molecule has 0 bridgehead atoms. The van der Waals surface area contributed by atoms with E-state index in [0.29, 0.717) is 12.8 Å². The summed E-state index contributed by atoms with van der Waals surface area (Å²) in [6.07, 6.45) is 25.9. The van der Waals surface area contributed by atoms with Crippen LogP contribution < -0.4 is 5.32 Å². The van der Waals surface area contributed by atoms with Crippen LogP contribution in [0.1, 0.15) is 149 Å². The van der Waals surface area contributed by atoms with Crippen LogP contribution in [0.2, 0.25) is 0 Å². The highest BCUT2D eigenvalue weighted by molar-refractivity contribution is 5.76. The fourth-order valence-corrected chi connectivity index (χ4v) is 4.44. The van der Waals surface area contributed by atoms with Gasteiger partial charge in [-0.3, -0.25) is 4.79 Å². The van der Waals surface area contributed by atoms with E-state index in [4.69, 9.17) is 0 Å². The molecule has 3 atom stereocenters. The summed E-state index contributed by atoms with van der Waals surface area (Å²) >= 11 is 0. The van der Waals surface area contributed by atoms with Gasteiger partial charge in [-0.1, -0.05) is 122 Å². The third kappa shape index (κ3) is 23.3. The van der Waals surface area contributed by atoms with Gasteiger partial charge in [0.1, 0.15) is 0 Å². The maximum absolute atomic E-state index is 12.2. The summed E-state index contributed by atoms with van der Waals surface area (Å²) in [5.41, 5.74) is 0. The Hall–Kier alpha value is -0.910. The molecule has 0 aliphatic rings. The van der Waals surface area contributed by atoms with E-state index in [1.165, 1.54) is 77.0 Å². The van der Waals surface area contributed by atoms with E-state index in [2.05, 4.69) is 31.3 Å². The van der Waals surface area contributed by atoms with E-state index in [0.717, 1.165) is 38.5 Å². The monoisotopic (exact) mass is 497 g/mol. The number of aliphatic hydroxyl groups is 3. The molecule has 1 amide bonds. The molecule has 0 aliphatic carbocycles. The first-order chi connectivity index (χ1) is 17.0. The van der Waals surface area contributed by atoms with Gasteiger partial charge >= 0.3 is 0 Å². The minimum Gasteiger partial charge on any atom is -0.394 e. The second-order valence-corrected chi connectivity index (χ2v) is 10.4. The van der Waals surface area contributed by atoms with Crippen molar-refractivity contribution in [3.8, 4) is 0 Å². The van der Waals surface area contributed by atoms with Gasteiger partial charge in [-0.25, -0.2) is 0 Å². The quantitative estimate of drug-likeness (QED) is 0.0767. The lowest BCUT2D eigenvalue weighted by Crippen LogP contribution is -2.46. The Morgan fingerprint density at radius 3 is 1.71 bits per heavy atom. The topological polar surface area (TPSA) is 89.8 Å². The number of unbranched alkanes of at least 4 members (excludes halogenated alkanes) is 15. The van der Waals surface area contributed by atoms with Crippen molar-refractivity contribution in [3.05, 3.63) is 12.2 Å². The van der Waals surface area contributed by atoms with E-state index in [1.54, 1.807) is 0 Å². The van der Waals surface area contributed by atoms with Crippen LogP contribution in [0, 0.1) is 0 Å². The van der Waals surface area contributed by atoms with Gasteiger partial charge in [0.25, 0.3) is 0 Å². The number of amides is 1. The first-order valence-electron chi connectivity index (χ1n) is 15.0. The first kappa shape index (κ1) is 34.1. The lowest BCUT2D eigenvalue weighted by atomic mass is 10.0. The van der Waals surface area contributed by atoms with E-state index in [9.17, 15) is 20.1 Å². The van der Waals surface area contributed by atoms with Crippen molar-refractivity contribution in [2.75, 3.05) is 6.61 Å². The third-order valence-corrected chi connectivity index (χ3v) is 6.83. The third-order valence-electron chi connectivity index (χ3n) is 6.83.